The third kappa shape index (κ3) is 3.62. The summed E-state index contributed by atoms with van der Waals surface area (Å²) >= 11 is 6.03. The summed E-state index contributed by atoms with van der Waals surface area (Å²) in [6.07, 6.45) is 0.928. The van der Waals surface area contributed by atoms with E-state index in [0.29, 0.717) is 21.8 Å². The lowest BCUT2D eigenvalue weighted by Crippen LogP contribution is -2.33. The predicted molar refractivity (Wildman–Crippen MR) is 121 cm³/mol. The molecule has 0 bridgehead atoms. The van der Waals surface area contributed by atoms with Crippen LogP contribution in [0.1, 0.15) is 23.6 Å². The Morgan fingerprint density at radius 1 is 0.867 bits per heavy atom. The van der Waals surface area contributed by atoms with Gasteiger partial charge in [-0.1, -0.05) is 61.0 Å². The highest BCUT2D eigenvalue weighted by molar-refractivity contribution is 6.46. The lowest BCUT2D eigenvalue weighted by Gasteiger charge is -2.17. The van der Waals surface area contributed by atoms with Crippen LogP contribution in [0.25, 0.3) is 5.57 Å². The molecule has 0 unspecified atom stereocenters. The molecule has 3 aromatic carbocycles. The van der Waals surface area contributed by atoms with Gasteiger partial charge in [0.1, 0.15) is 5.70 Å². The van der Waals surface area contributed by atoms with Gasteiger partial charge in [0, 0.05) is 10.7 Å². The summed E-state index contributed by atoms with van der Waals surface area (Å²) in [4.78, 5) is 28.1. The molecule has 0 spiro atoms. The second-order valence-electron chi connectivity index (χ2n) is 7.16. The first-order valence-electron chi connectivity index (χ1n) is 9.80. The maximum absolute atomic E-state index is 13.4. The Morgan fingerprint density at radius 2 is 1.53 bits per heavy atom. The van der Waals surface area contributed by atoms with Crippen LogP contribution in [-0.2, 0) is 16.0 Å². The molecule has 0 radical (unpaired) electrons. The molecule has 0 saturated heterocycles. The fraction of sp³-hybridized carbons (Fsp3) is 0.120. The molecule has 1 aliphatic heterocycles. The van der Waals surface area contributed by atoms with Gasteiger partial charge in [0.05, 0.1) is 11.3 Å². The summed E-state index contributed by atoms with van der Waals surface area (Å²) in [6.45, 7) is 3.97. The van der Waals surface area contributed by atoms with E-state index in [1.54, 1.807) is 30.3 Å². The van der Waals surface area contributed by atoms with Crippen LogP contribution in [0.5, 0.6) is 0 Å². The van der Waals surface area contributed by atoms with Gasteiger partial charge in [0.2, 0.25) is 0 Å². The third-order valence-corrected chi connectivity index (χ3v) is 5.46. The molecule has 4 nitrogen and oxygen atoms in total. The van der Waals surface area contributed by atoms with Crippen molar-refractivity contribution in [3.63, 3.8) is 0 Å². The van der Waals surface area contributed by atoms with Crippen molar-refractivity contribution in [1.82, 2.24) is 0 Å². The first-order chi connectivity index (χ1) is 14.5. The number of halogens is 1. The molecule has 1 N–H and O–H groups in total. The minimum absolute atomic E-state index is 0.259. The Kier molecular flexibility index (Phi) is 5.42. The average molecular weight is 417 g/mol. The van der Waals surface area contributed by atoms with Crippen LogP contribution in [0.4, 0.5) is 11.4 Å². The van der Waals surface area contributed by atoms with Gasteiger partial charge in [-0.15, -0.1) is 0 Å². The molecule has 0 saturated carbocycles. The maximum Gasteiger partial charge on any atom is 0.282 e. The Hall–Kier alpha value is -3.37. The molecule has 5 heteroatoms. The van der Waals surface area contributed by atoms with Crippen LogP contribution in [-0.4, -0.2) is 11.8 Å². The zero-order valence-corrected chi connectivity index (χ0v) is 17.5. The fourth-order valence-corrected chi connectivity index (χ4v) is 3.66. The Balaban J connectivity index is 1.81. The summed E-state index contributed by atoms with van der Waals surface area (Å²) in [5, 5.41) is 3.76. The largest absolute Gasteiger partial charge is 0.350 e. The van der Waals surface area contributed by atoms with Crippen molar-refractivity contribution >= 4 is 40.4 Å². The molecule has 0 atom stereocenters. The number of hydrogen-bond donors (Lipinski definition) is 1. The maximum atomic E-state index is 13.4. The van der Waals surface area contributed by atoms with Crippen molar-refractivity contribution in [3.05, 3.63) is 100 Å². The van der Waals surface area contributed by atoms with Gasteiger partial charge in [-0.2, -0.15) is 0 Å². The smallest absolute Gasteiger partial charge is 0.282 e. The summed E-state index contributed by atoms with van der Waals surface area (Å²) in [5.74, 6) is -0.733. The van der Waals surface area contributed by atoms with Crippen molar-refractivity contribution in [2.75, 3.05) is 10.2 Å². The lowest BCUT2D eigenvalue weighted by atomic mass is 10.0. The number of imide groups is 1. The van der Waals surface area contributed by atoms with Gasteiger partial charge >= 0.3 is 0 Å². The van der Waals surface area contributed by atoms with E-state index >= 15 is 0 Å². The van der Waals surface area contributed by atoms with Crippen molar-refractivity contribution in [3.8, 4) is 0 Å². The molecule has 1 aliphatic rings. The van der Waals surface area contributed by atoms with E-state index in [1.807, 2.05) is 49.4 Å². The Bertz CT molecular complexity index is 1150. The number of carbonyl (C=O) groups excluding carboxylic acids is 2. The number of para-hydroxylation sites is 1. The van der Waals surface area contributed by atoms with E-state index in [1.165, 1.54) is 10.5 Å². The summed E-state index contributed by atoms with van der Waals surface area (Å²) in [7, 11) is 0. The first-order valence-corrected chi connectivity index (χ1v) is 10.2. The molecular weight excluding hydrogens is 396 g/mol. The molecule has 150 valence electrons. The normalized spacial score (nSPS) is 13.9. The number of hydrogen-bond acceptors (Lipinski definition) is 3. The molecule has 0 aliphatic carbocycles. The minimum atomic E-state index is -0.376. The van der Waals surface area contributed by atoms with Gasteiger partial charge < -0.3 is 5.32 Å². The van der Waals surface area contributed by atoms with Crippen molar-refractivity contribution < 1.29 is 9.59 Å². The quantitative estimate of drug-likeness (QED) is 0.550. The van der Waals surface area contributed by atoms with Crippen LogP contribution in [0.15, 0.2) is 78.5 Å². The summed E-state index contributed by atoms with van der Waals surface area (Å²) in [6, 6.07) is 22.1. The lowest BCUT2D eigenvalue weighted by molar-refractivity contribution is -0.120. The van der Waals surface area contributed by atoms with Gasteiger partial charge in [0.15, 0.2) is 0 Å². The average Bonchev–Trinajstić information content (AvgIpc) is 2.99. The van der Waals surface area contributed by atoms with Crippen LogP contribution >= 0.6 is 11.6 Å². The Labute approximate surface area is 180 Å². The first kappa shape index (κ1) is 19.9. The number of anilines is 2. The van der Waals surface area contributed by atoms with E-state index in [0.717, 1.165) is 17.7 Å². The highest BCUT2D eigenvalue weighted by Gasteiger charge is 2.40. The molecule has 2 amide bonds. The van der Waals surface area contributed by atoms with Gasteiger partial charge in [0.25, 0.3) is 11.8 Å². The second-order valence-corrected chi connectivity index (χ2v) is 7.60. The minimum Gasteiger partial charge on any atom is -0.350 e. The number of nitrogens with one attached hydrogen (secondary N) is 1. The second kappa shape index (κ2) is 8.17. The van der Waals surface area contributed by atoms with Gasteiger partial charge in [-0.05, 0) is 60.4 Å². The molecule has 0 aromatic heterocycles. The van der Waals surface area contributed by atoms with Gasteiger partial charge in [-0.25, -0.2) is 4.90 Å². The molecule has 0 fully saturated rings. The predicted octanol–water partition coefficient (Wildman–Crippen LogP) is 5.61. The van der Waals surface area contributed by atoms with Crippen LogP contribution in [0.2, 0.25) is 5.02 Å². The highest BCUT2D eigenvalue weighted by Crippen LogP contribution is 2.35. The summed E-state index contributed by atoms with van der Waals surface area (Å²) in [5.41, 5.74) is 4.61. The number of benzene rings is 3. The summed E-state index contributed by atoms with van der Waals surface area (Å²) < 4.78 is 0. The van der Waals surface area contributed by atoms with E-state index in [-0.39, 0.29) is 17.5 Å². The van der Waals surface area contributed by atoms with E-state index < -0.39 is 0 Å². The van der Waals surface area contributed by atoms with E-state index in [4.69, 9.17) is 11.6 Å². The third-order valence-electron chi connectivity index (χ3n) is 5.20. The molecule has 4 rings (SSSR count). The number of carbonyl (C=O) groups is 2. The van der Waals surface area contributed by atoms with Crippen LogP contribution in [0, 0.1) is 6.92 Å². The fourth-order valence-electron chi connectivity index (χ4n) is 3.53. The molecule has 3 aromatic rings. The number of nitrogens with zero attached hydrogens (tertiary/aromatic N) is 1. The zero-order valence-electron chi connectivity index (χ0n) is 16.8. The zero-order chi connectivity index (χ0) is 21.3. The molecule has 30 heavy (non-hydrogen) atoms. The standard InChI is InChI=1S/C25H21ClN2O2/c1-3-17-8-14-20(15-9-17)27-23-22(18-10-12-19(26)13-11-18)24(29)28(25(23)30)21-7-5-4-6-16(21)2/h4-15,27H,3H2,1-2H3. The van der Waals surface area contributed by atoms with Crippen molar-refractivity contribution in [2.45, 2.75) is 20.3 Å². The molecule has 1 heterocycles. The van der Waals surface area contributed by atoms with E-state index in [2.05, 4.69) is 12.2 Å². The van der Waals surface area contributed by atoms with Crippen LogP contribution in [0.3, 0.4) is 0 Å². The topological polar surface area (TPSA) is 49.4 Å². The molecular formula is C25H21ClN2O2. The number of amides is 2. The van der Waals surface area contributed by atoms with Crippen LogP contribution < -0.4 is 10.2 Å². The van der Waals surface area contributed by atoms with Crippen molar-refractivity contribution in [2.24, 2.45) is 0 Å². The van der Waals surface area contributed by atoms with E-state index in [9.17, 15) is 9.59 Å². The highest BCUT2D eigenvalue weighted by atomic mass is 35.5. The number of rotatable bonds is 5. The number of aryl methyl sites for hydroxylation is 2. The van der Waals surface area contributed by atoms with Crippen molar-refractivity contribution in [1.29, 1.82) is 0 Å². The Morgan fingerprint density at radius 3 is 2.17 bits per heavy atom. The SMILES string of the molecule is CCc1ccc(NC2=C(c3ccc(Cl)cc3)C(=O)N(c3ccccc3C)C2=O)cc1. The monoisotopic (exact) mass is 416 g/mol. The van der Waals surface area contributed by atoms with Gasteiger partial charge in [-0.3, -0.25) is 9.59 Å².